The lowest BCUT2D eigenvalue weighted by atomic mass is 9.98. The van der Waals surface area contributed by atoms with E-state index in [1.807, 2.05) is 13.8 Å². The summed E-state index contributed by atoms with van der Waals surface area (Å²) < 4.78 is 44.1. The largest absolute Gasteiger partial charge is 0.491 e. The molecule has 0 radical (unpaired) electrons. The minimum absolute atomic E-state index is 0.00168. The summed E-state index contributed by atoms with van der Waals surface area (Å²) in [4.78, 5) is 3.63. The lowest BCUT2D eigenvalue weighted by Gasteiger charge is -2.14. The number of nitrogens with two attached hydrogens (primary N) is 1. The SMILES string of the molecule is C=C(c1cccc(OC(C)C)c1)c1cc(C(F)(F)F)cnc1N. The summed E-state index contributed by atoms with van der Waals surface area (Å²) in [5, 5.41) is 0. The van der Waals surface area contributed by atoms with Gasteiger partial charge in [-0.2, -0.15) is 13.2 Å². The standard InChI is InChI=1S/C17H17F3N2O/c1-10(2)23-14-6-4-5-12(7-14)11(3)15-8-13(17(18,19)20)9-22-16(15)21/h4-10H,3H2,1-2H3,(H2,21,22). The Morgan fingerprint density at radius 1 is 1.26 bits per heavy atom. The Morgan fingerprint density at radius 3 is 2.57 bits per heavy atom. The topological polar surface area (TPSA) is 48.1 Å². The normalized spacial score (nSPS) is 11.6. The van der Waals surface area contributed by atoms with Gasteiger partial charge in [0.15, 0.2) is 0 Å². The first-order valence-corrected chi connectivity index (χ1v) is 6.97. The van der Waals surface area contributed by atoms with Crippen LogP contribution in [0.5, 0.6) is 5.75 Å². The summed E-state index contributed by atoms with van der Waals surface area (Å²) in [6.07, 6.45) is -3.79. The zero-order valence-corrected chi connectivity index (χ0v) is 12.8. The second-order valence-corrected chi connectivity index (χ2v) is 5.33. The summed E-state index contributed by atoms with van der Waals surface area (Å²) >= 11 is 0. The maximum Gasteiger partial charge on any atom is 0.417 e. The third-order valence-corrected chi connectivity index (χ3v) is 3.13. The predicted octanol–water partition coefficient (Wildman–Crippen LogP) is 4.53. The van der Waals surface area contributed by atoms with E-state index in [1.54, 1.807) is 24.3 Å². The van der Waals surface area contributed by atoms with Crippen LogP contribution >= 0.6 is 0 Å². The molecule has 2 aromatic rings. The number of halogens is 3. The average molecular weight is 322 g/mol. The number of benzene rings is 1. The molecule has 0 spiro atoms. The van der Waals surface area contributed by atoms with E-state index < -0.39 is 11.7 Å². The van der Waals surface area contributed by atoms with Gasteiger partial charge in [-0.15, -0.1) is 0 Å². The molecule has 0 saturated carbocycles. The molecule has 1 aromatic carbocycles. The number of hydrogen-bond donors (Lipinski definition) is 1. The molecular formula is C17H17F3N2O. The molecule has 6 heteroatoms. The van der Waals surface area contributed by atoms with Gasteiger partial charge in [0, 0.05) is 11.8 Å². The van der Waals surface area contributed by atoms with Gasteiger partial charge in [-0.25, -0.2) is 4.98 Å². The van der Waals surface area contributed by atoms with E-state index >= 15 is 0 Å². The van der Waals surface area contributed by atoms with Crippen LogP contribution in [0.2, 0.25) is 0 Å². The monoisotopic (exact) mass is 322 g/mol. The molecule has 0 saturated heterocycles. The zero-order valence-electron chi connectivity index (χ0n) is 12.8. The number of rotatable bonds is 4. The Morgan fingerprint density at radius 2 is 1.96 bits per heavy atom. The summed E-state index contributed by atoms with van der Waals surface area (Å²) in [5.41, 5.74) is 5.99. The third-order valence-electron chi connectivity index (χ3n) is 3.13. The zero-order chi connectivity index (χ0) is 17.2. The van der Waals surface area contributed by atoms with Gasteiger partial charge < -0.3 is 10.5 Å². The average Bonchev–Trinajstić information content (AvgIpc) is 2.45. The minimum Gasteiger partial charge on any atom is -0.491 e. The molecule has 3 nitrogen and oxygen atoms in total. The van der Waals surface area contributed by atoms with Crippen molar-refractivity contribution in [3.63, 3.8) is 0 Å². The van der Waals surface area contributed by atoms with Crippen LogP contribution in [0.3, 0.4) is 0 Å². The predicted molar refractivity (Wildman–Crippen MR) is 84.0 cm³/mol. The fourth-order valence-corrected chi connectivity index (χ4v) is 2.06. The van der Waals surface area contributed by atoms with Crippen LogP contribution in [0, 0.1) is 0 Å². The van der Waals surface area contributed by atoms with Crippen LogP contribution in [-0.2, 0) is 6.18 Å². The summed E-state index contributed by atoms with van der Waals surface area (Å²) in [6, 6.07) is 7.91. The van der Waals surface area contributed by atoms with Gasteiger partial charge in [0.1, 0.15) is 11.6 Å². The third kappa shape index (κ3) is 4.03. The van der Waals surface area contributed by atoms with Crippen molar-refractivity contribution in [1.29, 1.82) is 0 Å². The molecule has 0 aliphatic heterocycles. The van der Waals surface area contributed by atoms with E-state index in [0.29, 0.717) is 23.1 Å². The maximum absolute atomic E-state index is 12.8. The molecule has 0 atom stereocenters. The fourth-order valence-electron chi connectivity index (χ4n) is 2.06. The van der Waals surface area contributed by atoms with Crippen LogP contribution < -0.4 is 10.5 Å². The van der Waals surface area contributed by atoms with Crippen LogP contribution in [0.1, 0.15) is 30.5 Å². The van der Waals surface area contributed by atoms with Crippen molar-refractivity contribution in [3.05, 3.63) is 59.8 Å². The van der Waals surface area contributed by atoms with Crippen molar-refractivity contribution in [2.45, 2.75) is 26.1 Å². The Kier molecular flexibility index (Phi) is 4.63. The molecule has 0 unspecified atom stereocenters. The first-order valence-electron chi connectivity index (χ1n) is 6.97. The van der Waals surface area contributed by atoms with Crippen molar-refractivity contribution in [2.24, 2.45) is 0 Å². The second-order valence-electron chi connectivity index (χ2n) is 5.33. The fraction of sp³-hybridized carbons (Fsp3) is 0.235. The van der Waals surface area contributed by atoms with Gasteiger partial charge in [0.2, 0.25) is 0 Å². The Balaban J connectivity index is 2.41. The molecule has 1 aromatic heterocycles. The van der Waals surface area contributed by atoms with Crippen molar-refractivity contribution < 1.29 is 17.9 Å². The Bertz CT molecular complexity index is 724. The molecule has 0 fully saturated rings. The lowest BCUT2D eigenvalue weighted by Crippen LogP contribution is -2.08. The number of ether oxygens (including phenoxy) is 1. The quantitative estimate of drug-likeness (QED) is 0.899. The van der Waals surface area contributed by atoms with E-state index in [9.17, 15) is 13.2 Å². The van der Waals surface area contributed by atoms with Crippen molar-refractivity contribution in [1.82, 2.24) is 4.98 Å². The van der Waals surface area contributed by atoms with Crippen molar-refractivity contribution in [3.8, 4) is 5.75 Å². The van der Waals surface area contributed by atoms with Gasteiger partial charge in [0.25, 0.3) is 0 Å². The molecule has 0 aliphatic carbocycles. The van der Waals surface area contributed by atoms with E-state index in [4.69, 9.17) is 10.5 Å². The highest BCUT2D eigenvalue weighted by Gasteiger charge is 2.31. The summed E-state index contributed by atoms with van der Waals surface area (Å²) in [7, 11) is 0. The van der Waals surface area contributed by atoms with Crippen LogP contribution in [-0.4, -0.2) is 11.1 Å². The highest BCUT2D eigenvalue weighted by atomic mass is 19.4. The van der Waals surface area contributed by atoms with Crippen LogP contribution in [0.15, 0.2) is 43.1 Å². The number of alkyl halides is 3. The minimum atomic E-state index is -4.49. The van der Waals surface area contributed by atoms with Gasteiger partial charge in [-0.1, -0.05) is 18.7 Å². The molecule has 0 bridgehead atoms. The molecule has 1 heterocycles. The van der Waals surface area contributed by atoms with E-state index in [0.717, 1.165) is 6.07 Å². The van der Waals surface area contributed by atoms with Gasteiger partial charge in [-0.3, -0.25) is 0 Å². The molecule has 0 amide bonds. The van der Waals surface area contributed by atoms with Crippen molar-refractivity contribution in [2.75, 3.05) is 5.73 Å². The van der Waals surface area contributed by atoms with Crippen LogP contribution in [0.25, 0.3) is 5.57 Å². The van der Waals surface area contributed by atoms with E-state index in [-0.39, 0.29) is 17.5 Å². The Hall–Kier alpha value is -2.50. The molecule has 23 heavy (non-hydrogen) atoms. The number of nitrogens with zero attached hydrogens (tertiary/aromatic N) is 1. The molecule has 122 valence electrons. The first-order chi connectivity index (χ1) is 10.7. The lowest BCUT2D eigenvalue weighted by molar-refractivity contribution is -0.137. The van der Waals surface area contributed by atoms with Gasteiger partial charge in [0.05, 0.1) is 11.7 Å². The number of aromatic nitrogens is 1. The summed E-state index contributed by atoms with van der Waals surface area (Å²) in [5.74, 6) is 0.607. The number of hydrogen-bond acceptors (Lipinski definition) is 3. The molecule has 2 N–H and O–H groups in total. The number of nitrogen functional groups attached to an aromatic ring is 1. The number of pyridine rings is 1. The second kappa shape index (κ2) is 6.32. The molecule has 0 aliphatic rings. The highest BCUT2D eigenvalue weighted by molar-refractivity contribution is 5.83. The maximum atomic E-state index is 12.8. The smallest absolute Gasteiger partial charge is 0.417 e. The summed E-state index contributed by atoms with van der Waals surface area (Å²) in [6.45, 7) is 7.63. The van der Waals surface area contributed by atoms with Crippen molar-refractivity contribution >= 4 is 11.4 Å². The Labute approximate surface area is 132 Å². The molecule has 2 rings (SSSR count). The van der Waals surface area contributed by atoms with E-state index in [1.165, 1.54) is 0 Å². The van der Waals surface area contributed by atoms with Gasteiger partial charge >= 0.3 is 6.18 Å². The first kappa shape index (κ1) is 16.9. The molecular weight excluding hydrogens is 305 g/mol. The number of anilines is 1. The van der Waals surface area contributed by atoms with E-state index in [2.05, 4.69) is 11.6 Å². The van der Waals surface area contributed by atoms with Gasteiger partial charge in [-0.05, 0) is 43.2 Å². The highest BCUT2D eigenvalue weighted by Crippen LogP contribution is 2.34. The van der Waals surface area contributed by atoms with Crippen LogP contribution in [0.4, 0.5) is 19.0 Å².